The Morgan fingerprint density at radius 2 is 2.19 bits per heavy atom. The molecule has 134 valence electrons. The third kappa shape index (κ3) is 3.39. The lowest BCUT2D eigenvalue weighted by Gasteiger charge is -2.24. The summed E-state index contributed by atoms with van der Waals surface area (Å²) in [7, 11) is 0. The van der Waals surface area contributed by atoms with Crippen molar-refractivity contribution in [2.45, 2.75) is 39.7 Å². The first-order chi connectivity index (χ1) is 12.6. The lowest BCUT2D eigenvalue weighted by Crippen LogP contribution is -2.35. The quantitative estimate of drug-likeness (QED) is 0.707. The molecule has 0 aliphatic carbocycles. The number of pyridine rings is 1. The van der Waals surface area contributed by atoms with Crippen LogP contribution in [-0.4, -0.2) is 32.3 Å². The molecular formula is C19H20N4O2S. The highest BCUT2D eigenvalue weighted by molar-refractivity contribution is 7.13. The standard InChI is InChI=1S/C19H20N4O2S/c1-12-18(26-13(2)21-12)19(24)23-9-7-16-15(11-23)22-17(25-16)6-5-14-4-3-8-20-10-14/h3-4,8,10H,5-7,9,11H2,1-2H3. The van der Waals surface area contributed by atoms with E-state index in [0.29, 0.717) is 19.5 Å². The van der Waals surface area contributed by atoms with Gasteiger partial charge >= 0.3 is 0 Å². The third-order valence-corrected chi connectivity index (χ3v) is 5.57. The fourth-order valence-corrected chi connectivity index (χ4v) is 4.09. The molecule has 4 heterocycles. The minimum Gasteiger partial charge on any atom is -0.445 e. The first kappa shape index (κ1) is 16.9. The van der Waals surface area contributed by atoms with Crippen molar-refractivity contribution >= 4 is 17.2 Å². The molecule has 0 aromatic carbocycles. The molecule has 0 saturated carbocycles. The molecule has 1 aliphatic heterocycles. The second-order valence-corrected chi connectivity index (χ2v) is 7.67. The molecule has 1 aliphatic rings. The van der Waals surface area contributed by atoms with Crippen LogP contribution in [0.15, 0.2) is 28.9 Å². The van der Waals surface area contributed by atoms with Crippen LogP contribution in [0.5, 0.6) is 0 Å². The number of aryl methyl sites for hydroxylation is 4. The summed E-state index contributed by atoms with van der Waals surface area (Å²) in [4.78, 5) is 28.5. The number of thiazole rings is 1. The van der Waals surface area contributed by atoms with E-state index < -0.39 is 0 Å². The van der Waals surface area contributed by atoms with Crippen molar-refractivity contribution in [1.29, 1.82) is 0 Å². The van der Waals surface area contributed by atoms with Crippen LogP contribution in [0, 0.1) is 13.8 Å². The predicted molar refractivity (Wildman–Crippen MR) is 98.2 cm³/mol. The first-order valence-corrected chi connectivity index (χ1v) is 9.51. The summed E-state index contributed by atoms with van der Waals surface area (Å²) in [5.74, 6) is 1.68. The number of hydrogen-bond donors (Lipinski definition) is 0. The van der Waals surface area contributed by atoms with Crippen molar-refractivity contribution in [3.63, 3.8) is 0 Å². The van der Waals surface area contributed by atoms with Gasteiger partial charge in [0.15, 0.2) is 5.89 Å². The van der Waals surface area contributed by atoms with E-state index in [9.17, 15) is 4.79 Å². The number of carbonyl (C=O) groups is 1. The van der Waals surface area contributed by atoms with Gasteiger partial charge in [0.05, 0.1) is 17.2 Å². The molecule has 26 heavy (non-hydrogen) atoms. The van der Waals surface area contributed by atoms with E-state index in [1.165, 1.54) is 11.3 Å². The monoisotopic (exact) mass is 368 g/mol. The fourth-order valence-electron chi connectivity index (χ4n) is 3.20. The Bertz CT molecular complexity index is 932. The lowest BCUT2D eigenvalue weighted by atomic mass is 10.1. The smallest absolute Gasteiger partial charge is 0.266 e. The molecule has 0 N–H and O–H groups in total. The van der Waals surface area contributed by atoms with E-state index in [0.717, 1.165) is 51.3 Å². The Hall–Kier alpha value is -2.54. The maximum absolute atomic E-state index is 12.8. The Kier molecular flexibility index (Phi) is 4.55. The molecule has 3 aromatic rings. The topological polar surface area (TPSA) is 72.1 Å². The van der Waals surface area contributed by atoms with Crippen molar-refractivity contribution in [3.8, 4) is 0 Å². The van der Waals surface area contributed by atoms with Crippen LogP contribution in [0.2, 0.25) is 0 Å². The Morgan fingerprint density at radius 3 is 2.92 bits per heavy atom. The van der Waals surface area contributed by atoms with Gasteiger partial charge in [-0.05, 0) is 31.9 Å². The number of hydrogen-bond acceptors (Lipinski definition) is 6. The van der Waals surface area contributed by atoms with E-state index >= 15 is 0 Å². The second kappa shape index (κ2) is 6.99. The second-order valence-electron chi connectivity index (χ2n) is 6.46. The minimum atomic E-state index is 0.0404. The highest BCUT2D eigenvalue weighted by atomic mass is 32.1. The van der Waals surface area contributed by atoms with E-state index in [-0.39, 0.29) is 5.91 Å². The van der Waals surface area contributed by atoms with Gasteiger partial charge in [0.25, 0.3) is 5.91 Å². The maximum Gasteiger partial charge on any atom is 0.266 e. The Labute approximate surface area is 155 Å². The van der Waals surface area contributed by atoms with E-state index in [1.807, 2.05) is 31.0 Å². The molecule has 6 nitrogen and oxygen atoms in total. The van der Waals surface area contributed by atoms with Crippen LogP contribution < -0.4 is 0 Å². The highest BCUT2D eigenvalue weighted by Crippen LogP contribution is 2.25. The fraction of sp³-hybridized carbons (Fsp3) is 0.368. The molecule has 7 heteroatoms. The van der Waals surface area contributed by atoms with E-state index in [1.54, 1.807) is 6.20 Å². The molecule has 0 radical (unpaired) electrons. The van der Waals surface area contributed by atoms with Crippen LogP contribution in [0.3, 0.4) is 0 Å². The normalized spacial score (nSPS) is 13.7. The molecule has 0 bridgehead atoms. The summed E-state index contributed by atoms with van der Waals surface area (Å²) in [6.07, 6.45) is 5.92. The van der Waals surface area contributed by atoms with E-state index in [2.05, 4.69) is 21.0 Å². The molecular weight excluding hydrogens is 348 g/mol. The summed E-state index contributed by atoms with van der Waals surface area (Å²) in [6.45, 7) is 4.97. The van der Waals surface area contributed by atoms with Crippen molar-refractivity contribution in [2.24, 2.45) is 0 Å². The summed E-state index contributed by atoms with van der Waals surface area (Å²) >= 11 is 1.46. The number of rotatable bonds is 4. The van der Waals surface area contributed by atoms with Crippen molar-refractivity contribution in [1.82, 2.24) is 19.9 Å². The van der Waals surface area contributed by atoms with Gasteiger partial charge in [-0.1, -0.05) is 6.07 Å². The number of carbonyl (C=O) groups excluding carboxylic acids is 1. The van der Waals surface area contributed by atoms with Gasteiger partial charge in [-0.2, -0.15) is 0 Å². The number of amides is 1. The molecule has 0 unspecified atom stereocenters. The van der Waals surface area contributed by atoms with Crippen LogP contribution in [0.25, 0.3) is 0 Å². The van der Waals surface area contributed by atoms with Gasteiger partial charge in [-0.25, -0.2) is 9.97 Å². The highest BCUT2D eigenvalue weighted by Gasteiger charge is 2.28. The predicted octanol–water partition coefficient (Wildman–Crippen LogP) is 3.13. The first-order valence-electron chi connectivity index (χ1n) is 8.70. The zero-order valence-corrected chi connectivity index (χ0v) is 15.7. The number of oxazole rings is 1. The molecule has 3 aromatic heterocycles. The van der Waals surface area contributed by atoms with Crippen LogP contribution in [0.1, 0.15) is 43.3 Å². The largest absolute Gasteiger partial charge is 0.445 e. The van der Waals surface area contributed by atoms with Gasteiger partial charge < -0.3 is 9.32 Å². The number of fused-ring (bicyclic) bond motifs is 1. The van der Waals surface area contributed by atoms with Crippen LogP contribution in [0.4, 0.5) is 0 Å². The summed E-state index contributed by atoms with van der Waals surface area (Å²) in [5.41, 5.74) is 2.85. The average molecular weight is 368 g/mol. The van der Waals surface area contributed by atoms with Gasteiger partial charge in [-0.3, -0.25) is 9.78 Å². The molecule has 0 spiro atoms. The zero-order chi connectivity index (χ0) is 18.1. The van der Waals surface area contributed by atoms with Gasteiger partial charge in [0.2, 0.25) is 0 Å². The molecule has 0 fully saturated rings. The zero-order valence-electron chi connectivity index (χ0n) is 14.9. The van der Waals surface area contributed by atoms with Crippen molar-refractivity contribution in [2.75, 3.05) is 6.54 Å². The molecule has 4 rings (SSSR count). The molecule has 0 atom stereocenters. The average Bonchev–Trinajstić information content (AvgIpc) is 3.21. The van der Waals surface area contributed by atoms with E-state index in [4.69, 9.17) is 4.42 Å². The lowest BCUT2D eigenvalue weighted by molar-refractivity contribution is 0.0732. The number of aromatic nitrogens is 3. The summed E-state index contributed by atoms with van der Waals surface area (Å²) in [5, 5.41) is 0.919. The number of nitrogens with zero attached hydrogens (tertiary/aromatic N) is 4. The Balaban J connectivity index is 1.45. The SMILES string of the molecule is Cc1nc(C)c(C(=O)N2CCc3oc(CCc4cccnc4)nc3C2)s1. The molecule has 1 amide bonds. The Morgan fingerprint density at radius 1 is 1.31 bits per heavy atom. The third-order valence-electron chi connectivity index (χ3n) is 4.51. The summed E-state index contributed by atoms with van der Waals surface area (Å²) < 4.78 is 5.91. The van der Waals surface area contributed by atoms with Crippen molar-refractivity contribution in [3.05, 3.63) is 63.0 Å². The summed E-state index contributed by atoms with van der Waals surface area (Å²) in [6, 6.07) is 3.98. The minimum absolute atomic E-state index is 0.0404. The van der Waals surface area contributed by atoms with Crippen molar-refractivity contribution < 1.29 is 9.21 Å². The molecule has 0 saturated heterocycles. The van der Waals surface area contributed by atoms with Crippen LogP contribution >= 0.6 is 11.3 Å². The van der Waals surface area contributed by atoms with Gasteiger partial charge in [0.1, 0.15) is 16.3 Å². The van der Waals surface area contributed by atoms with Gasteiger partial charge in [0, 0.05) is 31.8 Å². The van der Waals surface area contributed by atoms with Crippen LogP contribution in [-0.2, 0) is 25.8 Å². The maximum atomic E-state index is 12.8. The van der Waals surface area contributed by atoms with Gasteiger partial charge in [-0.15, -0.1) is 11.3 Å².